The van der Waals surface area contributed by atoms with Crippen molar-refractivity contribution >= 4 is 11.8 Å². The summed E-state index contributed by atoms with van der Waals surface area (Å²) >= 11 is 0. The van der Waals surface area contributed by atoms with Crippen LogP contribution in [0.4, 0.5) is 5.82 Å². The number of rotatable bonds is 10. The molecule has 0 radical (unpaired) electrons. The fourth-order valence-corrected chi connectivity index (χ4v) is 6.49. The molecule has 7 nitrogen and oxygen atoms in total. The normalized spacial score (nSPS) is 22.2. The second kappa shape index (κ2) is 12.4. The Hall–Kier alpha value is -2.51. The SMILES string of the molecule is CC(CCCCc1ccc2c(n1)NCCC2)[C@@H]1CCN(C(C(=O)O)c2cccnc2C2CCOCC2)C1. The summed E-state index contributed by atoms with van der Waals surface area (Å²) < 4.78 is 5.54. The maximum atomic E-state index is 12.5. The molecule has 3 aliphatic rings. The van der Waals surface area contributed by atoms with Crippen molar-refractivity contribution in [2.24, 2.45) is 11.8 Å². The summed E-state index contributed by atoms with van der Waals surface area (Å²) in [5.41, 5.74) is 4.37. The lowest BCUT2D eigenvalue weighted by molar-refractivity contribution is -0.143. The highest BCUT2D eigenvalue weighted by Crippen LogP contribution is 2.37. The number of hydrogen-bond acceptors (Lipinski definition) is 6. The lowest BCUT2D eigenvalue weighted by Gasteiger charge is -2.30. The third kappa shape index (κ3) is 6.32. The van der Waals surface area contributed by atoms with Gasteiger partial charge in [0.25, 0.3) is 0 Å². The van der Waals surface area contributed by atoms with E-state index in [-0.39, 0.29) is 5.92 Å². The van der Waals surface area contributed by atoms with Crippen LogP contribution in [-0.2, 0) is 22.4 Å². The van der Waals surface area contributed by atoms with Gasteiger partial charge in [0, 0.05) is 55.4 Å². The number of nitrogens with zero attached hydrogens (tertiary/aromatic N) is 3. The summed E-state index contributed by atoms with van der Waals surface area (Å²) in [6.45, 7) is 6.50. The van der Waals surface area contributed by atoms with Crippen molar-refractivity contribution in [1.82, 2.24) is 14.9 Å². The number of anilines is 1. The molecule has 0 aromatic carbocycles. The van der Waals surface area contributed by atoms with Crippen molar-refractivity contribution in [2.45, 2.75) is 76.7 Å². The average molecular weight is 507 g/mol. The Morgan fingerprint density at radius 3 is 2.92 bits per heavy atom. The van der Waals surface area contributed by atoms with Crippen LogP contribution >= 0.6 is 0 Å². The van der Waals surface area contributed by atoms with E-state index in [0.717, 1.165) is 88.4 Å². The number of aryl methyl sites for hydroxylation is 2. The summed E-state index contributed by atoms with van der Waals surface area (Å²) in [6.07, 6.45) is 11.5. The Morgan fingerprint density at radius 2 is 2.08 bits per heavy atom. The molecule has 2 unspecified atom stereocenters. The number of unbranched alkanes of at least 4 members (excludes halogenated alkanes) is 1. The predicted octanol–water partition coefficient (Wildman–Crippen LogP) is 5.23. The maximum absolute atomic E-state index is 12.5. The number of aromatic nitrogens is 2. The first kappa shape index (κ1) is 26.1. The molecule has 2 saturated heterocycles. The van der Waals surface area contributed by atoms with Crippen LogP contribution in [0.1, 0.15) is 86.3 Å². The van der Waals surface area contributed by atoms with Gasteiger partial charge in [-0.3, -0.25) is 14.7 Å². The molecule has 0 bridgehead atoms. The number of aliphatic carboxylic acids is 1. The molecule has 0 amide bonds. The van der Waals surface area contributed by atoms with E-state index in [2.05, 4.69) is 34.3 Å². The number of ether oxygens (including phenoxy) is 1. The fraction of sp³-hybridized carbons (Fsp3) is 0.633. The second-order valence-corrected chi connectivity index (χ2v) is 11.2. The minimum atomic E-state index is -0.762. The average Bonchev–Trinajstić information content (AvgIpc) is 3.41. The Labute approximate surface area is 221 Å². The first-order chi connectivity index (χ1) is 18.1. The minimum Gasteiger partial charge on any atom is -0.480 e. The molecule has 2 aromatic heterocycles. The van der Waals surface area contributed by atoms with E-state index in [0.29, 0.717) is 11.8 Å². The van der Waals surface area contributed by atoms with Gasteiger partial charge in [0.1, 0.15) is 11.9 Å². The smallest absolute Gasteiger partial charge is 0.325 e. The number of pyridine rings is 2. The predicted molar refractivity (Wildman–Crippen MR) is 145 cm³/mol. The number of fused-ring (bicyclic) bond motifs is 1. The zero-order valence-corrected chi connectivity index (χ0v) is 22.2. The van der Waals surface area contributed by atoms with Crippen LogP contribution in [0.15, 0.2) is 30.5 Å². The van der Waals surface area contributed by atoms with E-state index in [9.17, 15) is 9.90 Å². The summed E-state index contributed by atoms with van der Waals surface area (Å²) in [4.78, 5) is 24.2. The summed E-state index contributed by atoms with van der Waals surface area (Å²) in [5, 5.41) is 13.7. The van der Waals surface area contributed by atoms with Gasteiger partial charge in [-0.25, -0.2) is 4.98 Å². The molecule has 3 atom stereocenters. The third-order valence-corrected chi connectivity index (χ3v) is 8.73. The largest absolute Gasteiger partial charge is 0.480 e. The van der Waals surface area contributed by atoms with Crippen LogP contribution in [0.2, 0.25) is 0 Å². The molecule has 0 spiro atoms. The molecular formula is C30H42N4O3. The van der Waals surface area contributed by atoms with E-state index in [1.54, 1.807) is 6.20 Å². The van der Waals surface area contributed by atoms with Crippen LogP contribution in [-0.4, -0.2) is 58.8 Å². The standard InChI is InChI=1S/C30H42N4O3/c1-21(6-2-3-8-25-11-10-23-7-4-16-32-29(23)33-25)24-12-17-34(20-24)28(30(35)36)26-9-5-15-31-27(26)22-13-18-37-19-14-22/h5,9-11,15,21-22,24,28H,2-4,6-8,12-14,16-20H2,1H3,(H,32,33)(H,35,36)/t21?,24-,28?/m1/s1. The molecule has 5 rings (SSSR count). The number of hydrogen-bond donors (Lipinski definition) is 2. The van der Waals surface area contributed by atoms with Gasteiger partial charge < -0.3 is 15.2 Å². The van der Waals surface area contributed by atoms with E-state index in [1.807, 2.05) is 12.1 Å². The summed E-state index contributed by atoms with van der Waals surface area (Å²) in [5.74, 6) is 1.73. The highest BCUT2D eigenvalue weighted by atomic mass is 16.5. The molecule has 0 aliphatic carbocycles. The number of carbonyl (C=O) groups is 1. The van der Waals surface area contributed by atoms with Gasteiger partial charge in [-0.1, -0.05) is 31.9 Å². The van der Waals surface area contributed by atoms with Gasteiger partial charge in [0.05, 0.1) is 0 Å². The fourth-order valence-electron chi connectivity index (χ4n) is 6.49. The Balaban J connectivity index is 1.14. The van der Waals surface area contributed by atoms with Gasteiger partial charge in [0.15, 0.2) is 0 Å². The van der Waals surface area contributed by atoms with E-state index in [4.69, 9.17) is 9.72 Å². The Morgan fingerprint density at radius 1 is 1.22 bits per heavy atom. The highest BCUT2D eigenvalue weighted by molar-refractivity contribution is 5.76. The molecule has 3 aliphatic heterocycles. The quantitative estimate of drug-likeness (QED) is 0.427. The van der Waals surface area contributed by atoms with Crippen molar-refractivity contribution in [3.63, 3.8) is 0 Å². The monoisotopic (exact) mass is 506 g/mol. The van der Waals surface area contributed by atoms with Crippen LogP contribution in [0.25, 0.3) is 0 Å². The van der Waals surface area contributed by atoms with Gasteiger partial charge >= 0.3 is 5.97 Å². The zero-order valence-electron chi connectivity index (χ0n) is 22.2. The van der Waals surface area contributed by atoms with E-state index >= 15 is 0 Å². The second-order valence-electron chi connectivity index (χ2n) is 11.2. The highest BCUT2D eigenvalue weighted by Gasteiger charge is 2.37. The van der Waals surface area contributed by atoms with Gasteiger partial charge in [0.2, 0.25) is 0 Å². The first-order valence-corrected chi connectivity index (χ1v) is 14.3. The first-order valence-electron chi connectivity index (χ1n) is 14.3. The molecule has 2 aromatic rings. The van der Waals surface area contributed by atoms with Crippen molar-refractivity contribution in [2.75, 3.05) is 38.2 Å². The van der Waals surface area contributed by atoms with Crippen molar-refractivity contribution in [1.29, 1.82) is 0 Å². The molecule has 7 heteroatoms. The lowest BCUT2D eigenvalue weighted by atomic mass is 9.88. The molecule has 2 N–H and O–H groups in total. The Kier molecular flexibility index (Phi) is 8.72. The number of nitrogens with one attached hydrogen (secondary N) is 1. The van der Waals surface area contributed by atoms with E-state index < -0.39 is 12.0 Å². The van der Waals surface area contributed by atoms with Crippen LogP contribution < -0.4 is 5.32 Å². The van der Waals surface area contributed by atoms with E-state index in [1.165, 1.54) is 30.5 Å². The molecule has 37 heavy (non-hydrogen) atoms. The molecule has 2 fully saturated rings. The molecule has 0 saturated carbocycles. The maximum Gasteiger partial charge on any atom is 0.325 e. The summed E-state index contributed by atoms with van der Waals surface area (Å²) in [7, 11) is 0. The number of likely N-dealkylation sites (tertiary alicyclic amines) is 1. The topological polar surface area (TPSA) is 87.6 Å². The van der Waals surface area contributed by atoms with Crippen molar-refractivity contribution in [3.05, 3.63) is 53.0 Å². The zero-order chi connectivity index (χ0) is 25.6. The summed E-state index contributed by atoms with van der Waals surface area (Å²) in [6, 6.07) is 7.69. The van der Waals surface area contributed by atoms with Crippen molar-refractivity contribution < 1.29 is 14.6 Å². The molecular weight excluding hydrogens is 464 g/mol. The lowest BCUT2D eigenvalue weighted by Crippen LogP contribution is -2.34. The van der Waals surface area contributed by atoms with Crippen LogP contribution in [0.3, 0.4) is 0 Å². The molecule has 5 heterocycles. The van der Waals surface area contributed by atoms with Gasteiger partial charge in [-0.2, -0.15) is 0 Å². The number of carboxylic acids is 1. The van der Waals surface area contributed by atoms with Crippen LogP contribution in [0, 0.1) is 11.8 Å². The minimum absolute atomic E-state index is 0.282. The van der Waals surface area contributed by atoms with Gasteiger partial charge in [-0.15, -0.1) is 0 Å². The third-order valence-electron chi connectivity index (χ3n) is 8.73. The molecule has 200 valence electrons. The van der Waals surface area contributed by atoms with Crippen LogP contribution in [0.5, 0.6) is 0 Å². The van der Waals surface area contributed by atoms with Crippen molar-refractivity contribution in [3.8, 4) is 0 Å². The number of carboxylic acid groups (broad SMARTS) is 1. The Bertz CT molecular complexity index is 1050. The van der Waals surface area contributed by atoms with Gasteiger partial charge in [-0.05, 0) is 81.0 Å².